The summed E-state index contributed by atoms with van der Waals surface area (Å²) in [7, 11) is -1.12. The molecule has 1 atom stereocenters. The van der Waals surface area contributed by atoms with E-state index in [2.05, 4.69) is 20.8 Å². The molecule has 0 aromatic heterocycles. The summed E-state index contributed by atoms with van der Waals surface area (Å²) in [5.41, 5.74) is -5.95. The fraction of sp³-hybridized carbons (Fsp3) is 0.606. The van der Waals surface area contributed by atoms with Gasteiger partial charge in [0, 0.05) is 36.6 Å². The Bertz CT molecular complexity index is 1090. The molecule has 1 unspecified atom stereocenters. The summed E-state index contributed by atoms with van der Waals surface area (Å²) in [4.78, 5) is 13.5. The summed E-state index contributed by atoms with van der Waals surface area (Å²) in [6.07, 6.45) is 0.692. The minimum atomic E-state index is -5.16. The predicted molar refractivity (Wildman–Crippen MR) is 170 cm³/mol. The number of benzene rings is 2. The number of hydrogen-bond donors (Lipinski definition) is 0. The van der Waals surface area contributed by atoms with Gasteiger partial charge in [-0.25, -0.2) is 0 Å². The second kappa shape index (κ2) is 21.1. The molecule has 0 saturated heterocycles. The number of hydrogen-bond acceptors (Lipinski definition) is 4. The molecule has 0 fully saturated rings. The Morgan fingerprint density at radius 2 is 1.04 bits per heavy atom. The SMILES string of the molecule is CCCCCCOc1cc(OCCCCCC)c(PC(=O)c2c(C(F)(F)F)cccc2C(F)(F)F)c(OCCCCCC)c1.[Li]. The standard InChI is InChI=1S/C33H45F6O4P.Li/c1-4-7-10-13-19-41-24-22-27(42-20-14-11-8-5-2)30(28(23-24)43-21-15-12-9-6-3)44-31(40)29-25(32(34,35)36)17-16-18-26(29)33(37,38)39;/h16-18,22-23,44H,4-15,19-21H2,1-3H3;. The molecule has 1 radical (unpaired) electrons. The summed E-state index contributed by atoms with van der Waals surface area (Å²) in [5, 5.41) is 0.129. The van der Waals surface area contributed by atoms with Crippen LogP contribution in [0.25, 0.3) is 0 Å². The maximum atomic E-state index is 13.9. The van der Waals surface area contributed by atoms with E-state index in [0.717, 1.165) is 64.2 Å². The predicted octanol–water partition coefficient (Wildman–Crippen LogP) is 10.4. The van der Waals surface area contributed by atoms with E-state index in [1.165, 1.54) is 0 Å². The van der Waals surface area contributed by atoms with Crippen LogP contribution in [0.3, 0.4) is 0 Å². The van der Waals surface area contributed by atoms with Crippen LogP contribution in [0.5, 0.6) is 17.2 Å². The summed E-state index contributed by atoms with van der Waals surface area (Å²) in [6.45, 7) is 7.15. The van der Waals surface area contributed by atoms with E-state index in [0.29, 0.717) is 43.4 Å². The Morgan fingerprint density at radius 1 is 0.644 bits per heavy atom. The molecule has 12 heteroatoms. The maximum absolute atomic E-state index is 13.9. The van der Waals surface area contributed by atoms with Crippen molar-refractivity contribution in [2.24, 2.45) is 0 Å². The number of alkyl halides is 6. The Hall–Kier alpha value is -1.88. The summed E-state index contributed by atoms with van der Waals surface area (Å²) >= 11 is 0. The molecular weight excluding hydrogens is 612 g/mol. The van der Waals surface area contributed by atoms with Crippen LogP contribution in [0.15, 0.2) is 30.3 Å². The first-order valence-corrected chi connectivity index (χ1v) is 16.6. The zero-order valence-corrected chi connectivity index (χ0v) is 27.9. The number of unbranched alkanes of at least 4 members (excludes halogenated alkanes) is 9. The van der Waals surface area contributed by atoms with Gasteiger partial charge in [0.25, 0.3) is 0 Å². The van der Waals surface area contributed by atoms with Crippen molar-refractivity contribution in [3.05, 3.63) is 47.0 Å². The molecular formula is C33H45F6LiO4P. The first kappa shape index (κ1) is 41.1. The van der Waals surface area contributed by atoms with Gasteiger partial charge in [-0.1, -0.05) is 84.6 Å². The Morgan fingerprint density at radius 3 is 1.42 bits per heavy atom. The topological polar surface area (TPSA) is 44.8 Å². The van der Waals surface area contributed by atoms with Crippen molar-refractivity contribution >= 4 is 38.3 Å². The molecule has 4 nitrogen and oxygen atoms in total. The van der Waals surface area contributed by atoms with Crippen molar-refractivity contribution in [3.63, 3.8) is 0 Å². The molecule has 2 aromatic carbocycles. The fourth-order valence-electron chi connectivity index (χ4n) is 4.59. The third-order valence-corrected chi connectivity index (χ3v) is 8.18. The molecule has 2 rings (SSSR count). The number of carbonyl (C=O) groups is 1. The quantitative estimate of drug-likeness (QED) is 0.0580. The van der Waals surface area contributed by atoms with Gasteiger partial charge in [-0.3, -0.25) is 4.79 Å². The van der Waals surface area contributed by atoms with Gasteiger partial charge >= 0.3 is 12.4 Å². The van der Waals surface area contributed by atoms with E-state index in [9.17, 15) is 31.1 Å². The van der Waals surface area contributed by atoms with Crippen LogP contribution in [0, 0.1) is 0 Å². The maximum Gasteiger partial charge on any atom is 0.417 e. The van der Waals surface area contributed by atoms with Gasteiger partial charge in [-0.15, -0.1) is 0 Å². The molecule has 0 aliphatic rings. The molecule has 45 heavy (non-hydrogen) atoms. The molecule has 0 aliphatic heterocycles. The zero-order valence-electron chi connectivity index (χ0n) is 26.9. The van der Waals surface area contributed by atoms with E-state index in [4.69, 9.17) is 14.2 Å². The molecule has 0 N–H and O–H groups in total. The van der Waals surface area contributed by atoms with Crippen LogP contribution >= 0.6 is 8.58 Å². The van der Waals surface area contributed by atoms with Crippen LogP contribution in [0.1, 0.15) is 119 Å². The monoisotopic (exact) mass is 657 g/mol. The van der Waals surface area contributed by atoms with Gasteiger partial charge in [0.15, 0.2) is 5.52 Å². The van der Waals surface area contributed by atoms with Crippen LogP contribution < -0.4 is 19.5 Å². The average molecular weight is 658 g/mol. The van der Waals surface area contributed by atoms with E-state index in [1.807, 2.05) is 0 Å². The van der Waals surface area contributed by atoms with Crippen molar-refractivity contribution in [3.8, 4) is 17.2 Å². The number of ether oxygens (including phenoxy) is 3. The zero-order chi connectivity index (χ0) is 32.6. The molecule has 0 spiro atoms. The second-order valence-corrected chi connectivity index (χ2v) is 11.9. The first-order valence-electron chi connectivity index (χ1n) is 15.6. The first-order chi connectivity index (χ1) is 20.9. The van der Waals surface area contributed by atoms with Gasteiger partial charge in [0.2, 0.25) is 0 Å². The molecule has 2 aromatic rings. The van der Waals surface area contributed by atoms with Crippen LogP contribution in [0.4, 0.5) is 26.3 Å². The van der Waals surface area contributed by atoms with Gasteiger partial charge in [0.1, 0.15) is 17.2 Å². The van der Waals surface area contributed by atoms with Crippen LogP contribution in [0.2, 0.25) is 0 Å². The number of rotatable bonds is 21. The van der Waals surface area contributed by atoms with Crippen molar-refractivity contribution in [2.45, 2.75) is 110 Å². The van der Waals surface area contributed by atoms with Gasteiger partial charge in [0.05, 0.1) is 36.3 Å². The third-order valence-electron chi connectivity index (χ3n) is 6.96. The van der Waals surface area contributed by atoms with E-state index >= 15 is 0 Å². The van der Waals surface area contributed by atoms with Crippen LogP contribution in [-0.2, 0) is 12.4 Å². The minimum absolute atomic E-state index is 0. The van der Waals surface area contributed by atoms with Crippen molar-refractivity contribution in [1.29, 1.82) is 0 Å². The molecule has 0 aliphatic carbocycles. The van der Waals surface area contributed by atoms with Crippen molar-refractivity contribution < 1.29 is 45.3 Å². The smallest absolute Gasteiger partial charge is 0.417 e. The van der Waals surface area contributed by atoms with E-state index in [-0.39, 0.29) is 48.9 Å². The molecule has 0 amide bonds. The van der Waals surface area contributed by atoms with Gasteiger partial charge in [-0.2, -0.15) is 26.3 Å². The largest absolute Gasteiger partial charge is 0.493 e. The third kappa shape index (κ3) is 14.2. The van der Waals surface area contributed by atoms with Crippen molar-refractivity contribution in [2.75, 3.05) is 19.8 Å². The normalized spacial score (nSPS) is 11.9. The summed E-state index contributed by atoms with van der Waals surface area (Å²) < 4.78 is 101. The molecule has 0 saturated carbocycles. The van der Waals surface area contributed by atoms with E-state index in [1.54, 1.807) is 12.1 Å². The van der Waals surface area contributed by atoms with Crippen LogP contribution in [-0.4, -0.2) is 44.2 Å². The summed E-state index contributed by atoms with van der Waals surface area (Å²) in [6, 6.07) is 4.77. The summed E-state index contributed by atoms with van der Waals surface area (Å²) in [5.74, 6) is 0.739. The van der Waals surface area contributed by atoms with E-state index < -0.39 is 43.1 Å². The molecule has 0 heterocycles. The average Bonchev–Trinajstić information content (AvgIpc) is 2.96. The second-order valence-electron chi connectivity index (χ2n) is 10.7. The van der Waals surface area contributed by atoms with Gasteiger partial charge in [-0.05, 0) is 40.0 Å². The molecule has 249 valence electrons. The number of halogens is 6. The Labute approximate surface area is 277 Å². The van der Waals surface area contributed by atoms with Gasteiger partial charge < -0.3 is 14.2 Å². The Balaban J connectivity index is 0.0000101. The number of carbonyl (C=O) groups excluding carboxylic acids is 1. The van der Waals surface area contributed by atoms with Crippen molar-refractivity contribution in [1.82, 2.24) is 0 Å². The minimum Gasteiger partial charge on any atom is -0.493 e. The molecule has 0 bridgehead atoms. The fourth-order valence-corrected chi connectivity index (χ4v) is 5.74. The Kier molecular flexibility index (Phi) is 19.3.